The number of rotatable bonds is 4. The van der Waals surface area contributed by atoms with Crippen molar-refractivity contribution in [3.63, 3.8) is 0 Å². The van der Waals surface area contributed by atoms with Gasteiger partial charge in [-0.1, -0.05) is 19.1 Å². The summed E-state index contributed by atoms with van der Waals surface area (Å²) in [6.45, 7) is 2.13. The molecule has 0 aliphatic rings. The summed E-state index contributed by atoms with van der Waals surface area (Å²) < 4.78 is 0. The van der Waals surface area contributed by atoms with Crippen molar-refractivity contribution in [3.05, 3.63) is 60.4 Å². The molecule has 1 heterocycles. The van der Waals surface area contributed by atoms with Gasteiger partial charge in [0, 0.05) is 18.1 Å². The molecule has 106 valence electrons. The van der Waals surface area contributed by atoms with Gasteiger partial charge in [0.1, 0.15) is 5.75 Å². The fourth-order valence-electron chi connectivity index (χ4n) is 2.38. The molecule has 2 N–H and O–H groups in total. The zero-order valence-electron chi connectivity index (χ0n) is 11.8. The molecule has 4 heteroatoms. The molecular weight excluding hydrogens is 262 g/mol. The number of anilines is 1. The maximum atomic E-state index is 9.38. The van der Waals surface area contributed by atoms with Crippen LogP contribution in [0, 0.1) is 0 Å². The Morgan fingerprint density at radius 2 is 1.71 bits per heavy atom. The number of aromatic nitrogens is 2. The van der Waals surface area contributed by atoms with Gasteiger partial charge in [-0.3, -0.25) is 9.97 Å². The summed E-state index contributed by atoms with van der Waals surface area (Å²) in [6, 6.07) is 13.5. The van der Waals surface area contributed by atoms with Crippen molar-refractivity contribution in [2.24, 2.45) is 0 Å². The first-order chi connectivity index (χ1) is 10.3. The molecule has 0 aliphatic carbocycles. The SMILES string of the molecule is CCC(Nc1ccc2nccnc2c1)c1ccc(O)cc1. The average molecular weight is 279 g/mol. The van der Waals surface area contributed by atoms with E-state index in [1.807, 2.05) is 30.3 Å². The predicted molar refractivity (Wildman–Crippen MR) is 84.3 cm³/mol. The number of benzene rings is 2. The van der Waals surface area contributed by atoms with E-state index in [2.05, 4.69) is 22.2 Å². The number of phenolic OH excluding ortho intramolecular Hbond substituents is 1. The number of hydrogen-bond donors (Lipinski definition) is 2. The maximum Gasteiger partial charge on any atom is 0.115 e. The van der Waals surface area contributed by atoms with Crippen molar-refractivity contribution in [2.75, 3.05) is 5.32 Å². The van der Waals surface area contributed by atoms with Gasteiger partial charge in [0.05, 0.1) is 17.1 Å². The summed E-state index contributed by atoms with van der Waals surface area (Å²) in [5, 5.41) is 12.9. The Balaban J connectivity index is 1.86. The standard InChI is InChI=1S/C17H17N3O/c1-2-15(12-3-6-14(21)7-4-12)20-13-5-8-16-17(11-13)19-10-9-18-16/h3-11,15,20-21H,2H2,1H3. The third-order valence-electron chi connectivity index (χ3n) is 3.51. The van der Waals surface area contributed by atoms with E-state index in [1.165, 1.54) is 0 Å². The Hall–Kier alpha value is -2.62. The van der Waals surface area contributed by atoms with E-state index in [4.69, 9.17) is 0 Å². The highest BCUT2D eigenvalue weighted by Gasteiger charge is 2.09. The van der Waals surface area contributed by atoms with Gasteiger partial charge in [0.2, 0.25) is 0 Å². The second kappa shape index (κ2) is 5.79. The molecule has 3 rings (SSSR count). The smallest absolute Gasteiger partial charge is 0.115 e. The van der Waals surface area contributed by atoms with Crippen molar-refractivity contribution in [1.82, 2.24) is 9.97 Å². The predicted octanol–water partition coefficient (Wildman–Crippen LogP) is 3.90. The lowest BCUT2D eigenvalue weighted by Crippen LogP contribution is -2.09. The monoisotopic (exact) mass is 279 g/mol. The molecule has 4 nitrogen and oxygen atoms in total. The van der Waals surface area contributed by atoms with Crippen LogP contribution < -0.4 is 5.32 Å². The van der Waals surface area contributed by atoms with Crippen molar-refractivity contribution in [3.8, 4) is 5.75 Å². The molecule has 0 saturated heterocycles. The molecular formula is C17H17N3O. The highest BCUT2D eigenvalue weighted by molar-refractivity contribution is 5.78. The van der Waals surface area contributed by atoms with Gasteiger partial charge in [0.25, 0.3) is 0 Å². The van der Waals surface area contributed by atoms with Gasteiger partial charge in [-0.25, -0.2) is 0 Å². The quantitative estimate of drug-likeness (QED) is 0.760. The van der Waals surface area contributed by atoms with Gasteiger partial charge >= 0.3 is 0 Å². The lowest BCUT2D eigenvalue weighted by molar-refractivity contribution is 0.475. The minimum absolute atomic E-state index is 0.194. The van der Waals surface area contributed by atoms with Crippen LogP contribution in [0.25, 0.3) is 11.0 Å². The average Bonchev–Trinajstić information content (AvgIpc) is 2.53. The van der Waals surface area contributed by atoms with Crippen LogP contribution in [0.15, 0.2) is 54.9 Å². The number of phenols is 1. The van der Waals surface area contributed by atoms with Gasteiger partial charge in [-0.05, 0) is 42.3 Å². The lowest BCUT2D eigenvalue weighted by Gasteiger charge is -2.19. The molecule has 0 amide bonds. The molecule has 0 spiro atoms. The fraction of sp³-hybridized carbons (Fsp3) is 0.176. The van der Waals surface area contributed by atoms with Crippen LogP contribution in [0.5, 0.6) is 5.75 Å². The Morgan fingerprint density at radius 3 is 2.43 bits per heavy atom. The molecule has 1 aromatic heterocycles. The Bertz CT molecular complexity index is 740. The minimum atomic E-state index is 0.194. The van der Waals surface area contributed by atoms with Gasteiger partial charge in [-0.2, -0.15) is 0 Å². The van der Waals surface area contributed by atoms with Crippen molar-refractivity contribution in [1.29, 1.82) is 0 Å². The van der Waals surface area contributed by atoms with Crippen molar-refractivity contribution in [2.45, 2.75) is 19.4 Å². The molecule has 3 aromatic rings. The molecule has 21 heavy (non-hydrogen) atoms. The van der Waals surface area contributed by atoms with E-state index in [1.54, 1.807) is 24.5 Å². The molecule has 0 bridgehead atoms. The normalized spacial score (nSPS) is 12.2. The van der Waals surface area contributed by atoms with Gasteiger partial charge < -0.3 is 10.4 Å². The zero-order valence-corrected chi connectivity index (χ0v) is 11.8. The van der Waals surface area contributed by atoms with Crippen LogP contribution >= 0.6 is 0 Å². The number of hydrogen-bond acceptors (Lipinski definition) is 4. The lowest BCUT2D eigenvalue weighted by atomic mass is 10.0. The maximum absolute atomic E-state index is 9.38. The Kier molecular flexibility index (Phi) is 3.69. The summed E-state index contributed by atoms with van der Waals surface area (Å²) in [4.78, 5) is 8.60. The first-order valence-corrected chi connectivity index (χ1v) is 7.02. The number of nitrogens with one attached hydrogen (secondary N) is 1. The topological polar surface area (TPSA) is 58.0 Å². The second-order valence-electron chi connectivity index (χ2n) is 4.96. The Labute approximate surface area is 123 Å². The van der Waals surface area contributed by atoms with Crippen LogP contribution in [0.1, 0.15) is 24.9 Å². The molecule has 1 unspecified atom stereocenters. The summed E-state index contributed by atoms with van der Waals surface area (Å²) in [5.74, 6) is 0.287. The third kappa shape index (κ3) is 2.94. The van der Waals surface area contributed by atoms with Gasteiger partial charge in [-0.15, -0.1) is 0 Å². The Morgan fingerprint density at radius 1 is 1.00 bits per heavy atom. The fourth-order valence-corrected chi connectivity index (χ4v) is 2.38. The molecule has 0 radical (unpaired) electrons. The van der Waals surface area contributed by atoms with Crippen LogP contribution in [0.3, 0.4) is 0 Å². The summed E-state index contributed by atoms with van der Waals surface area (Å²) in [5.41, 5.74) is 3.93. The zero-order chi connectivity index (χ0) is 14.7. The summed E-state index contributed by atoms with van der Waals surface area (Å²) >= 11 is 0. The first-order valence-electron chi connectivity index (χ1n) is 7.02. The minimum Gasteiger partial charge on any atom is -0.508 e. The van der Waals surface area contributed by atoms with E-state index in [0.717, 1.165) is 28.7 Å². The summed E-state index contributed by atoms with van der Waals surface area (Å²) in [7, 11) is 0. The number of aromatic hydroxyl groups is 1. The van der Waals surface area contributed by atoms with E-state index >= 15 is 0 Å². The van der Waals surface area contributed by atoms with Crippen LogP contribution in [0.2, 0.25) is 0 Å². The molecule has 0 fully saturated rings. The summed E-state index contributed by atoms with van der Waals surface area (Å²) in [6.07, 6.45) is 4.34. The first kappa shape index (κ1) is 13.4. The molecule has 1 atom stereocenters. The van der Waals surface area contributed by atoms with Gasteiger partial charge in [0.15, 0.2) is 0 Å². The van der Waals surface area contributed by atoms with E-state index in [9.17, 15) is 5.11 Å². The van der Waals surface area contributed by atoms with E-state index < -0.39 is 0 Å². The number of nitrogens with zero attached hydrogens (tertiary/aromatic N) is 2. The molecule has 0 aliphatic heterocycles. The molecule has 0 saturated carbocycles. The largest absolute Gasteiger partial charge is 0.508 e. The highest BCUT2D eigenvalue weighted by atomic mass is 16.3. The third-order valence-corrected chi connectivity index (χ3v) is 3.51. The van der Waals surface area contributed by atoms with Crippen molar-refractivity contribution < 1.29 is 5.11 Å². The second-order valence-corrected chi connectivity index (χ2v) is 4.96. The number of fused-ring (bicyclic) bond motifs is 1. The van der Waals surface area contributed by atoms with E-state index in [-0.39, 0.29) is 11.8 Å². The molecule has 2 aromatic carbocycles. The highest BCUT2D eigenvalue weighted by Crippen LogP contribution is 2.25. The van der Waals surface area contributed by atoms with Crippen LogP contribution in [0.4, 0.5) is 5.69 Å². The van der Waals surface area contributed by atoms with Crippen molar-refractivity contribution >= 4 is 16.7 Å². The van der Waals surface area contributed by atoms with E-state index in [0.29, 0.717) is 0 Å². The van der Waals surface area contributed by atoms with Crippen LogP contribution in [-0.4, -0.2) is 15.1 Å². The van der Waals surface area contributed by atoms with Crippen LogP contribution in [-0.2, 0) is 0 Å².